The van der Waals surface area contributed by atoms with Crippen LogP contribution in [0.3, 0.4) is 0 Å². The summed E-state index contributed by atoms with van der Waals surface area (Å²) < 4.78 is 36.4. The number of piperazine rings is 1. The third-order valence-corrected chi connectivity index (χ3v) is 7.05. The van der Waals surface area contributed by atoms with Crippen molar-refractivity contribution in [2.24, 2.45) is 0 Å². The van der Waals surface area contributed by atoms with Crippen LogP contribution in [0.5, 0.6) is 11.5 Å². The smallest absolute Gasteiger partial charge is 0.336 e. The minimum absolute atomic E-state index is 0.00535. The minimum atomic E-state index is -1.01. The van der Waals surface area contributed by atoms with Crippen LogP contribution in [0, 0.1) is 5.82 Å². The first kappa shape index (κ1) is 28.0. The van der Waals surface area contributed by atoms with Crippen molar-refractivity contribution in [3.05, 3.63) is 81.3 Å². The highest BCUT2D eigenvalue weighted by Crippen LogP contribution is 2.45. The van der Waals surface area contributed by atoms with Crippen LogP contribution < -0.4 is 25.6 Å². The monoisotopic (exact) mass is 589 g/mol. The number of aromatic nitrogens is 1. The van der Waals surface area contributed by atoms with Crippen molar-refractivity contribution in [2.75, 3.05) is 44.2 Å². The average Bonchev–Trinajstić information content (AvgIpc) is 2.99. The third-order valence-electron chi connectivity index (χ3n) is 7.05. The molecule has 2 bridgehead atoms. The van der Waals surface area contributed by atoms with E-state index < -0.39 is 29.0 Å². The second kappa shape index (κ2) is 11.6. The van der Waals surface area contributed by atoms with E-state index in [4.69, 9.17) is 23.3 Å². The molecule has 220 valence electrons. The number of esters is 2. The van der Waals surface area contributed by atoms with Crippen LogP contribution in [0.2, 0.25) is 0 Å². The SMILES string of the molecule is O=C1/C=C\C(=O)Oc2c(cc3nc(N4CCN(CCCO)CC4)c4oc(=O)ccc(=O)oc2c3c4-c2ccc(F)cc2)O1. The molecule has 0 aliphatic carbocycles. The molecule has 0 amide bonds. The number of fused-ring (bicyclic) bond motifs is 3. The van der Waals surface area contributed by atoms with Crippen LogP contribution in [0.4, 0.5) is 10.2 Å². The highest BCUT2D eigenvalue weighted by Gasteiger charge is 2.29. The second-order valence-corrected chi connectivity index (χ2v) is 9.83. The van der Waals surface area contributed by atoms with Gasteiger partial charge < -0.3 is 28.3 Å². The summed E-state index contributed by atoms with van der Waals surface area (Å²) in [5.74, 6) is -2.67. The quantitative estimate of drug-likeness (QED) is 0.269. The van der Waals surface area contributed by atoms with E-state index in [0.29, 0.717) is 44.7 Å². The number of pyridine rings is 1. The highest BCUT2D eigenvalue weighted by atomic mass is 19.1. The Bertz CT molecular complexity index is 1920. The standard InChI is InChI=1S/C30H24FN3O9/c31-18-4-2-17(3-5-18)25-26-19-16-20-27(41-22(37)7-6-21(36)40-20)28(26)42-23(38)8-9-24(39)43-29(25)30(32-19)34-13-11-33(12-14-34)10-1-15-35/h2-9,16,35H,1,10-15H2/b7-6-,9-8?. The van der Waals surface area contributed by atoms with Crippen LogP contribution in [0.25, 0.3) is 33.2 Å². The van der Waals surface area contributed by atoms with Crippen LogP contribution in [0.15, 0.2) is 73.0 Å². The van der Waals surface area contributed by atoms with Gasteiger partial charge in [-0.3, -0.25) is 4.90 Å². The first-order valence-corrected chi connectivity index (χ1v) is 13.4. The lowest BCUT2D eigenvalue weighted by Gasteiger charge is -2.35. The van der Waals surface area contributed by atoms with Gasteiger partial charge in [-0.05, 0) is 24.1 Å². The number of hydrogen-bond donors (Lipinski definition) is 1. The van der Waals surface area contributed by atoms with E-state index in [0.717, 1.165) is 24.3 Å². The minimum Gasteiger partial charge on any atom is -0.419 e. The zero-order chi connectivity index (χ0) is 30.1. The largest absolute Gasteiger partial charge is 0.419 e. The van der Waals surface area contributed by atoms with Crippen LogP contribution in [-0.4, -0.2) is 66.3 Å². The van der Waals surface area contributed by atoms with E-state index in [2.05, 4.69) is 4.90 Å². The van der Waals surface area contributed by atoms with E-state index in [-0.39, 0.29) is 51.6 Å². The van der Waals surface area contributed by atoms with Crippen molar-refractivity contribution in [1.82, 2.24) is 9.88 Å². The first-order valence-electron chi connectivity index (χ1n) is 13.4. The summed E-state index contributed by atoms with van der Waals surface area (Å²) in [4.78, 5) is 59.5. The predicted molar refractivity (Wildman–Crippen MR) is 151 cm³/mol. The highest BCUT2D eigenvalue weighted by molar-refractivity contribution is 6.15. The lowest BCUT2D eigenvalue weighted by Crippen LogP contribution is -2.47. The Balaban J connectivity index is 1.72. The summed E-state index contributed by atoms with van der Waals surface area (Å²) in [7, 11) is 0. The van der Waals surface area contributed by atoms with E-state index in [1.807, 2.05) is 4.90 Å². The van der Waals surface area contributed by atoms with Crippen LogP contribution in [-0.2, 0) is 9.59 Å². The van der Waals surface area contributed by atoms with Crippen molar-refractivity contribution in [3.8, 4) is 22.6 Å². The molecule has 6 rings (SSSR count). The molecule has 4 heterocycles. The van der Waals surface area contributed by atoms with Gasteiger partial charge in [0.15, 0.2) is 22.7 Å². The number of aliphatic hydroxyl groups is 1. The number of rotatable bonds is 5. The summed E-state index contributed by atoms with van der Waals surface area (Å²) in [6.07, 6.45) is 2.38. The van der Waals surface area contributed by atoms with Gasteiger partial charge in [-0.1, -0.05) is 12.1 Å². The number of halogens is 1. The molecule has 13 heteroatoms. The number of hydrogen-bond acceptors (Lipinski definition) is 12. The van der Waals surface area contributed by atoms with Crippen LogP contribution >= 0.6 is 0 Å². The van der Waals surface area contributed by atoms with Crippen molar-refractivity contribution in [2.45, 2.75) is 6.42 Å². The number of carbonyl (C=O) groups is 2. The van der Waals surface area contributed by atoms with Gasteiger partial charge in [0.2, 0.25) is 5.75 Å². The molecule has 12 nitrogen and oxygen atoms in total. The average molecular weight is 590 g/mol. The maximum absolute atomic E-state index is 14.1. The summed E-state index contributed by atoms with van der Waals surface area (Å²) in [5, 5.41) is 9.31. The summed E-state index contributed by atoms with van der Waals surface area (Å²) >= 11 is 0. The Morgan fingerprint density at radius 3 is 2.16 bits per heavy atom. The molecule has 0 atom stereocenters. The molecule has 1 fully saturated rings. The number of aliphatic hydroxyl groups excluding tert-OH is 1. The fourth-order valence-electron chi connectivity index (χ4n) is 5.09. The van der Waals surface area contributed by atoms with Gasteiger partial charge in [-0.2, -0.15) is 0 Å². The fraction of sp³-hybridized carbons (Fsp3) is 0.233. The Morgan fingerprint density at radius 2 is 1.49 bits per heavy atom. The predicted octanol–water partition coefficient (Wildman–Crippen LogP) is 2.55. The summed E-state index contributed by atoms with van der Waals surface area (Å²) in [6, 6.07) is 8.42. The zero-order valence-electron chi connectivity index (χ0n) is 22.6. The van der Waals surface area contributed by atoms with E-state index in [1.165, 1.54) is 30.3 Å². The van der Waals surface area contributed by atoms with Gasteiger partial charge in [-0.15, -0.1) is 0 Å². The molecule has 1 saturated heterocycles. The molecular formula is C30H24FN3O9. The maximum Gasteiger partial charge on any atom is 0.336 e. The van der Waals surface area contributed by atoms with E-state index >= 15 is 0 Å². The Labute approximate surface area is 241 Å². The first-order chi connectivity index (χ1) is 20.8. The summed E-state index contributed by atoms with van der Waals surface area (Å²) in [6.45, 7) is 3.02. The van der Waals surface area contributed by atoms with E-state index in [9.17, 15) is 28.7 Å². The van der Waals surface area contributed by atoms with Gasteiger partial charge in [-0.25, -0.2) is 28.6 Å². The van der Waals surface area contributed by atoms with Gasteiger partial charge >= 0.3 is 23.2 Å². The third kappa shape index (κ3) is 5.67. The Kier molecular flexibility index (Phi) is 7.57. The van der Waals surface area contributed by atoms with E-state index in [1.54, 1.807) is 0 Å². The Morgan fingerprint density at radius 1 is 0.837 bits per heavy atom. The van der Waals surface area contributed by atoms with Crippen molar-refractivity contribution < 1.29 is 37.4 Å². The van der Waals surface area contributed by atoms with Crippen molar-refractivity contribution in [1.29, 1.82) is 0 Å². The number of ether oxygens (including phenoxy) is 2. The number of anilines is 1. The van der Waals surface area contributed by atoms with Gasteiger partial charge in [0, 0.05) is 75.2 Å². The number of nitrogens with zero attached hydrogens (tertiary/aromatic N) is 3. The van der Waals surface area contributed by atoms with Crippen molar-refractivity contribution >= 4 is 39.8 Å². The Hall–Kier alpha value is -5.14. The molecule has 1 N–H and O–H groups in total. The topological polar surface area (TPSA) is 153 Å². The molecule has 2 aromatic heterocycles. The van der Waals surface area contributed by atoms with Gasteiger partial charge in [0.05, 0.1) is 10.9 Å². The molecule has 0 saturated carbocycles. The fourth-order valence-corrected chi connectivity index (χ4v) is 5.09. The molecular weight excluding hydrogens is 565 g/mol. The number of carbonyl (C=O) groups excluding carboxylic acids is 2. The second-order valence-electron chi connectivity index (χ2n) is 9.83. The molecule has 2 aliphatic rings. The molecule has 43 heavy (non-hydrogen) atoms. The molecule has 0 spiro atoms. The normalized spacial score (nSPS) is 16.3. The molecule has 0 radical (unpaired) electrons. The lowest BCUT2D eigenvalue weighted by molar-refractivity contribution is -0.133. The lowest BCUT2D eigenvalue weighted by atomic mass is 9.98. The maximum atomic E-state index is 14.1. The zero-order valence-corrected chi connectivity index (χ0v) is 22.6. The molecule has 2 aromatic carbocycles. The van der Waals surface area contributed by atoms with Crippen LogP contribution in [0.1, 0.15) is 6.42 Å². The molecule has 2 aliphatic heterocycles. The number of benzene rings is 2. The van der Waals surface area contributed by atoms with Gasteiger partial charge in [0.1, 0.15) is 5.82 Å². The molecule has 4 aromatic rings. The van der Waals surface area contributed by atoms with Crippen molar-refractivity contribution in [3.63, 3.8) is 0 Å². The summed E-state index contributed by atoms with van der Waals surface area (Å²) in [5.41, 5.74) is -1.48. The molecule has 0 unspecified atom stereocenters. The van der Waals surface area contributed by atoms with Gasteiger partial charge in [0.25, 0.3) is 0 Å².